The van der Waals surface area contributed by atoms with E-state index in [1.807, 2.05) is 30.3 Å². The third-order valence-corrected chi connectivity index (χ3v) is 5.79. The molecule has 0 aromatic heterocycles. The Kier molecular flexibility index (Phi) is 5.36. The molecule has 0 saturated carbocycles. The van der Waals surface area contributed by atoms with Crippen LogP contribution < -0.4 is 0 Å². The monoisotopic (exact) mass is 311 g/mol. The topological polar surface area (TPSA) is 74.7 Å². The Hall–Kier alpha value is -1.40. The summed E-state index contributed by atoms with van der Waals surface area (Å²) in [7, 11) is -3.35. The van der Waals surface area contributed by atoms with Crippen molar-refractivity contribution >= 4 is 16.0 Å². The van der Waals surface area contributed by atoms with Crippen LogP contribution in [0.3, 0.4) is 0 Å². The number of carboxylic acids is 1. The molecule has 1 aliphatic heterocycles. The number of benzene rings is 1. The van der Waals surface area contributed by atoms with Gasteiger partial charge in [0, 0.05) is 19.0 Å². The van der Waals surface area contributed by atoms with E-state index in [1.165, 1.54) is 0 Å². The molecular weight excluding hydrogens is 290 g/mol. The van der Waals surface area contributed by atoms with E-state index in [1.54, 1.807) is 4.31 Å². The molecule has 1 N–H and O–H groups in total. The van der Waals surface area contributed by atoms with Gasteiger partial charge in [-0.2, -0.15) is 4.31 Å². The Morgan fingerprint density at radius 2 is 2.00 bits per heavy atom. The summed E-state index contributed by atoms with van der Waals surface area (Å²) in [4.78, 5) is 10.5. The first-order chi connectivity index (χ1) is 9.99. The van der Waals surface area contributed by atoms with Crippen molar-refractivity contribution < 1.29 is 18.3 Å². The summed E-state index contributed by atoms with van der Waals surface area (Å²) in [5.41, 5.74) is 1.13. The summed E-state index contributed by atoms with van der Waals surface area (Å²) < 4.78 is 26.3. The van der Waals surface area contributed by atoms with Crippen molar-refractivity contribution in [1.82, 2.24) is 4.31 Å². The van der Waals surface area contributed by atoms with E-state index < -0.39 is 16.0 Å². The Morgan fingerprint density at radius 3 is 2.67 bits per heavy atom. The van der Waals surface area contributed by atoms with E-state index in [-0.39, 0.29) is 24.6 Å². The number of aliphatic carboxylic acids is 1. The average molecular weight is 311 g/mol. The largest absolute Gasteiger partial charge is 0.481 e. The number of rotatable bonds is 7. The maximum Gasteiger partial charge on any atom is 0.303 e. The highest BCUT2D eigenvalue weighted by molar-refractivity contribution is 7.89. The summed E-state index contributed by atoms with van der Waals surface area (Å²) in [5, 5.41) is 8.61. The molecule has 5 nitrogen and oxygen atoms in total. The number of nitrogens with zero attached hydrogens (tertiary/aromatic N) is 1. The van der Waals surface area contributed by atoms with Crippen molar-refractivity contribution in [3.8, 4) is 0 Å². The van der Waals surface area contributed by atoms with Gasteiger partial charge in [-0.3, -0.25) is 4.79 Å². The first-order valence-corrected chi connectivity index (χ1v) is 8.85. The highest BCUT2D eigenvalue weighted by atomic mass is 32.2. The van der Waals surface area contributed by atoms with Crippen molar-refractivity contribution in [1.29, 1.82) is 0 Å². The molecule has 6 heteroatoms. The molecule has 21 heavy (non-hydrogen) atoms. The van der Waals surface area contributed by atoms with Gasteiger partial charge in [0.25, 0.3) is 0 Å². The minimum Gasteiger partial charge on any atom is -0.481 e. The van der Waals surface area contributed by atoms with Gasteiger partial charge < -0.3 is 5.11 Å². The number of hydrogen-bond donors (Lipinski definition) is 1. The van der Waals surface area contributed by atoms with Crippen LogP contribution in [0.1, 0.15) is 31.2 Å². The molecule has 0 aliphatic carbocycles. The van der Waals surface area contributed by atoms with Crippen LogP contribution in [0, 0.1) is 0 Å². The van der Waals surface area contributed by atoms with Crippen LogP contribution in [0.25, 0.3) is 0 Å². The van der Waals surface area contributed by atoms with Gasteiger partial charge in [0.05, 0.1) is 5.75 Å². The fourth-order valence-electron chi connectivity index (χ4n) is 2.79. The molecule has 0 spiro atoms. The smallest absolute Gasteiger partial charge is 0.303 e. The second-order valence-corrected chi connectivity index (χ2v) is 7.45. The summed E-state index contributed by atoms with van der Waals surface area (Å²) >= 11 is 0. The third kappa shape index (κ3) is 4.54. The van der Waals surface area contributed by atoms with Crippen LogP contribution in [0.15, 0.2) is 30.3 Å². The first-order valence-electron chi connectivity index (χ1n) is 7.24. The number of carboxylic acid groups (broad SMARTS) is 1. The molecular formula is C15H21NO4S. The Labute approximate surface area is 125 Å². The molecule has 0 radical (unpaired) electrons. The zero-order chi connectivity index (χ0) is 15.3. The zero-order valence-corrected chi connectivity index (χ0v) is 12.8. The van der Waals surface area contributed by atoms with Crippen molar-refractivity contribution in [3.63, 3.8) is 0 Å². The first kappa shape index (κ1) is 16.0. The van der Waals surface area contributed by atoms with Crippen LogP contribution in [0.2, 0.25) is 0 Å². The molecule has 2 rings (SSSR count). The van der Waals surface area contributed by atoms with E-state index >= 15 is 0 Å². The lowest BCUT2D eigenvalue weighted by molar-refractivity contribution is -0.137. The van der Waals surface area contributed by atoms with Crippen LogP contribution in [-0.4, -0.2) is 42.1 Å². The van der Waals surface area contributed by atoms with Crippen molar-refractivity contribution in [3.05, 3.63) is 35.9 Å². The van der Waals surface area contributed by atoms with Crippen LogP contribution in [0.5, 0.6) is 0 Å². The maximum absolute atomic E-state index is 12.3. The lowest BCUT2D eigenvalue weighted by Crippen LogP contribution is -2.38. The Morgan fingerprint density at radius 1 is 1.29 bits per heavy atom. The van der Waals surface area contributed by atoms with Crippen LogP contribution in [0.4, 0.5) is 0 Å². The van der Waals surface area contributed by atoms with E-state index in [0.717, 1.165) is 24.8 Å². The van der Waals surface area contributed by atoms with E-state index in [4.69, 9.17) is 5.11 Å². The average Bonchev–Trinajstić information content (AvgIpc) is 2.88. The quantitative estimate of drug-likeness (QED) is 0.834. The summed E-state index contributed by atoms with van der Waals surface area (Å²) in [6, 6.07) is 9.87. The lowest BCUT2D eigenvalue weighted by atomic mass is 10.1. The fraction of sp³-hybridized carbons (Fsp3) is 0.533. The van der Waals surface area contributed by atoms with Gasteiger partial charge in [0.15, 0.2) is 0 Å². The molecule has 1 unspecified atom stereocenters. The third-order valence-electron chi connectivity index (χ3n) is 3.79. The molecule has 1 aromatic carbocycles. The van der Waals surface area contributed by atoms with Crippen LogP contribution >= 0.6 is 0 Å². The van der Waals surface area contributed by atoms with E-state index in [0.29, 0.717) is 6.54 Å². The number of sulfonamides is 1. The summed E-state index contributed by atoms with van der Waals surface area (Å²) in [6.07, 6.45) is 2.53. The van der Waals surface area contributed by atoms with Gasteiger partial charge >= 0.3 is 5.97 Å². The van der Waals surface area contributed by atoms with Gasteiger partial charge in [-0.15, -0.1) is 0 Å². The van der Waals surface area contributed by atoms with Gasteiger partial charge in [-0.05, 0) is 31.2 Å². The van der Waals surface area contributed by atoms with Crippen LogP contribution in [-0.2, 0) is 21.2 Å². The van der Waals surface area contributed by atoms with E-state index in [9.17, 15) is 13.2 Å². The maximum atomic E-state index is 12.3. The second-order valence-electron chi connectivity index (χ2n) is 5.41. The standard InChI is InChI=1S/C15H21NO4S/c17-15(18)9-5-11-21(19,20)16-10-4-8-14(16)12-13-6-2-1-3-7-13/h1-3,6-7,14H,4-5,8-12H2,(H,17,18). The second kappa shape index (κ2) is 7.04. The molecule has 0 bridgehead atoms. The lowest BCUT2D eigenvalue weighted by Gasteiger charge is -2.24. The van der Waals surface area contributed by atoms with Gasteiger partial charge in [0.1, 0.15) is 0 Å². The highest BCUT2D eigenvalue weighted by Gasteiger charge is 2.33. The van der Waals surface area contributed by atoms with Crippen molar-refractivity contribution in [2.75, 3.05) is 12.3 Å². The SMILES string of the molecule is O=C(O)CCCS(=O)(=O)N1CCCC1Cc1ccccc1. The van der Waals surface area contributed by atoms with Gasteiger partial charge in [-0.1, -0.05) is 30.3 Å². The molecule has 1 fully saturated rings. The minimum atomic E-state index is -3.35. The molecule has 1 saturated heterocycles. The predicted molar refractivity (Wildman–Crippen MR) is 80.5 cm³/mol. The Balaban J connectivity index is 1.98. The predicted octanol–water partition coefficient (Wildman–Crippen LogP) is 1.89. The number of hydrogen-bond acceptors (Lipinski definition) is 3. The van der Waals surface area contributed by atoms with Gasteiger partial charge in [0.2, 0.25) is 10.0 Å². The van der Waals surface area contributed by atoms with Crippen molar-refractivity contribution in [2.45, 2.75) is 38.1 Å². The minimum absolute atomic E-state index is 0.00206. The normalized spacial score (nSPS) is 19.7. The van der Waals surface area contributed by atoms with Crippen molar-refractivity contribution in [2.24, 2.45) is 0 Å². The molecule has 1 atom stereocenters. The molecule has 116 valence electrons. The Bertz CT molecular complexity index is 571. The molecule has 1 aromatic rings. The highest BCUT2D eigenvalue weighted by Crippen LogP contribution is 2.25. The number of carbonyl (C=O) groups is 1. The molecule has 1 aliphatic rings. The molecule has 1 heterocycles. The zero-order valence-electron chi connectivity index (χ0n) is 11.9. The van der Waals surface area contributed by atoms with E-state index in [2.05, 4.69) is 0 Å². The fourth-order valence-corrected chi connectivity index (χ4v) is 4.57. The summed E-state index contributed by atoms with van der Waals surface area (Å²) in [6.45, 7) is 0.549. The summed E-state index contributed by atoms with van der Waals surface area (Å²) in [5.74, 6) is -1.03. The van der Waals surface area contributed by atoms with Gasteiger partial charge in [-0.25, -0.2) is 8.42 Å². The molecule has 0 amide bonds.